The van der Waals surface area contributed by atoms with E-state index >= 15 is 0 Å². The monoisotopic (exact) mass is 578 g/mol. The van der Waals surface area contributed by atoms with Crippen molar-refractivity contribution in [2.24, 2.45) is 5.92 Å². The first kappa shape index (κ1) is 26.1. The minimum atomic E-state index is -0.0312. The SMILES string of the molecule is CC1(C)c2cc(N(c3ccccc3)c3cccc4ccccc34)ccc2C2=CC=C(n3c4ccccc4c4ccccc43)CC21. The number of rotatable bonds is 4. The van der Waals surface area contributed by atoms with E-state index in [1.807, 2.05) is 0 Å². The van der Waals surface area contributed by atoms with Crippen LogP contribution in [0.1, 0.15) is 31.4 Å². The second-order valence-electron chi connectivity index (χ2n) is 13.0. The van der Waals surface area contributed by atoms with Crippen LogP contribution in [-0.2, 0) is 5.41 Å². The molecule has 9 rings (SSSR count). The molecule has 216 valence electrons. The number of nitrogens with zero attached hydrogens (tertiary/aromatic N) is 2. The van der Waals surface area contributed by atoms with E-state index in [-0.39, 0.29) is 5.41 Å². The molecule has 1 heterocycles. The Balaban J connectivity index is 1.18. The molecule has 7 aromatic rings. The average Bonchev–Trinajstić information content (AvgIpc) is 3.54. The predicted octanol–water partition coefficient (Wildman–Crippen LogP) is 11.7. The zero-order valence-corrected chi connectivity index (χ0v) is 25.6. The summed E-state index contributed by atoms with van der Waals surface area (Å²) in [4.78, 5) is 2.43. The minimum absolute atomic E-state index is 0.0312. The lowest BCUT2D eigenvalue weighted by molar-refractivity contribution is 0.415. The summed E-state index contributed by atoms with van der Waals surface area (Å²) in [5.74, 6) is 0.394. The topological polar surface area (TPSA) is 8.17 Å². The molecule has 1 atom stereocenters. The van der Waals surface area contributed by atoms with Gasteiger partial charge < -0.3 is 9.47 Å². The molecule has 1 unspecified atom stereocenters. The molecular weight excluding hydrogens is 544 g/mol. The third-order valence-electron chi connectivity index (χ3n) is 10.3. The van der Waals surface area contributed by atoms with Crippen LogP contribution in [-0.4, -0.2) is 4.57 Å². The Labute approximate surface area is 264 Å². The lowest BCUT2D eigenvalue weighted by atomic mass is 9.74. The second-order valence-corrected chi connectivity index (χ2v) is 13.0. The Morgan fingerprint density at radius 3 is 2.00 bits per heavy atom. The molecule has 0 fully saturated rings. The summed E-state index contributed by atoms with van der Waals surface area (Å²) in [5, 5.41) is 5.13. The van der Waals surface area contributed by atoms with Gasteiger partial charge in [-0.2, -0.15) is 0 Å². The number of aromatic nitrogens is 1. The van der Waals surface area contributed by atoms with E-state index in [1.165, 1.54) is 66.4 Å². The molecule has 45 heavy (non-hydrogen) atoms. The molecule has 2 aliphatic rings. The molecule has 0 saturated carbocycles. The fourth-order valence-electron chi connectivity index (χ4n) is 8.06. The highest BCUT2D eigenvalue weighted by molar-refractivity contribution is 6.10. The molecule has 0 bridgehead atoms. The van der Waals surface area contributed by atoms with Gasteiger partial charge in [0.2, 0.25) is 0 Å². The van der Waals surface area contributed by atoms with Crippen LogP contribution >= 0.6 is 0 Å². The van der Waals surface area contributed by atoms with E-state index in [1.54, 1.807) is 0 Å². The fourth-order valence-corrected chi connectivity index (χ4v) is 8.06. The number of allylic oxidation sites excluding steroid dienone is 4. The predicted molar refractivity (Wildman–Crippen MR) is 191 cm³/mol. The van der Waals surface area contributed by atoms with Crippen LogP contribution in [0.2, 0.25) is 0 Å². The van der Waals surface area contributed by atoms with Crippen LogP contribution in [0.3, 0.4) is 0 Å². The summed E-state index contributed by atoms with van der Waals surface area (Å²) in [6, 6.07) is 50.9. The van der Waals surface area contributed by atoms with Gasteiger partial charge in [0.1, 0.15) is 0 Å². The molecule has 0 amide bonds. The van der Waals surface area contributed by atoms with Crippen molar-refractivity contribution >= 4 is 60.9 Å². The van der Waals surface area contributed by atoms with Crippen molar-refractivity contribution in [3.05, 3.63) is 163 Å². The molecular formula is C43H34N2. The molecule has 2 heteroatoms. The van der Waals surface area contributed by atoms with Crippen LogP contribution < -0.4 is 4.90 Å². The summed E-state index contributed by atoms with van der Waals surface area (Å²) in [6.07, 6.45) is 5.77. The van der Waals surface area contributed by atoms with Gasteiger partial charge in [0, 0.05) is 33.2 Å². The normalized spacial score (nSPS) is 16.8. The summed E-state index contributed by atoms with van der Waals surface area (Å²) in [6.45, 7) is 4.89. The second kappa shape index (κ2) is 9.84. The number of benzene rings is 6. The van der Waals surface area contributed by atoms with Crippen molar-refractivity contribution in [2.45, 2.75) is 25.7 Å². The smallest absolute Gasteiger partial charge is 0.0540 e. The van der Waals surface area contributed by atoms with Crippen molar-refractivity contribution in [3.8, 4) is 0 Å². The molecule has 0 saturated heterocycles. The summed E-state index contributed by atoms with van der Waals surface area (Å²) in [5.41, 5.74) is 11.7. The number of hydrogen-bond acceptors (Lipinski definition) is 1. The third kappa shape index (κ3) is 3.88. The lowest BCUT2D eigenvalue weighted by Gasteiger charge is -2.32. The lowest BCUT2D eigenvalue weighted by Crippen LogP contribution is -2.26. The maximum absolute atomic E-state index is 2.50. The Bertz CT molecular complexity index is 2280. The van der Waals surface area contributed by atoms with Crippen molar-refractivity contribution in [1.29, 1.82) is 0 Å². The van der Waals surface area contributed by atoms with Gasteiger partial charge in [-0.25, -0.2) is 0 Å². The van der Waals surface area contributed by atoms with Gasteiger partial charge in [-0.1, -0.05) is 117 Å². The standard InChI is InChI=1S/C43H34N2/c1-43(2)38-27-31(44(30-15-4-3-5-16-30)40-22-12-14-29-13-6-7-17-33(29)40)23-25-34(38)35-26-24-32(28-39(35)43)45-41-20-10-8-18-36(41)37-19-9-11-21-42(37)45/h3-27,39H,28H2,1-2H3. The largest absolute Gasteiger partial charge is 0.313 e. The molecule has 6 aromatic carbocycles. The van der Waals surface area contributed by atoms with Gasteiger partial charge in [-0.05, 0) is 88.4 Å². The maximum atomic E-state index is 2.50. The van der Waals surface area contributed by atoms with Crippen molar-refractivity contribution in [3.63, 3.8) is 0 Å². The van der Waals surface area contributed by atoms with Gasteiger partial charge in [0.15, 0.2) is 0 Å². The molecule has 0 aliphatic heterocycles. The van der Waals surface area contributed by atoms with E-state index in [0.717, 1.165) is 12.1 Å². The molecule has 1 aromatic heterocycles. The first-order valence-corrected chi connectivity index (χ1v) is 16.0. The highest BCUT2D eigenvalue weighted by atomic mass is 15.1. The zero-order chi connectivity index (χ0) is 30.1. The van der Waals surface area contributed by atoms with E-state index in [9.17, 15) is 0 Å². The van der Waals surface area contributed by atoms with Gasteiger partial charge in [0.25, 0.3) is 0 Å². The summed E-state index contributed by atoms with van der Waals surface area (Å²) < 4.78 is 2.50. The number of para-hydroxylation sites is 3. The Morgan fingerprint density at radius 2 is 1.24 bits per heavy atom. The van der Waals surface area contributed by atoms with E-state index in [2.05, 4.69) is 175 Å². The van der Waals surface area contributed by atoms with E-state index in [4.69, 9.17) is 0 Å². The van der Waals surface area contributed by atoms with Crippen molar-refractivity contribution in [1.82, 2.24) is 4.57 Å². The molecule has 0 spiro atoms. The van der Waals surface area contributed by atoms with Crippen LogP contribution in [0, 0.1) is 5.92 Å². The highest BCUT2D eigenvalue weighted by Crippen LogP contribution is 2.56. The number of anilines is 3. The first-order valence-electron chi connectivity index (χ1n) is 16.0. The zero-order valence-electron chi connectivity index (χ0n) is 25.6. The van der Waals surface area contributed by atoms with Gasteiger partial charge in [-0.15, -0.1) is 0 Å². The Kier molecular flexibility index (Phi) is 5.70. The van der Waals surface area contributed by atoms with Gasteiger partial charge in [-0.3, -0.25) is 0 Å². The Morgan fingerprint density at radius 1 is 0.600 bits per heavy atom. The van der Waals surface area contributed by atoms with Gasteiger partial charge in [0.05, 0.1) is 16.7 Å². The quantitative estimate of drug-likeness (QED) is 0.202. The highest BCUT2D eigenvalue weighted by Gasteiger charge is 2.44. The number of hydrogen-bond donors (Lipinski definition) is 0. The van der Waals surface area contributed by atoms with Crippen LogP contribution in [0.15, 0.2) is 152 Å². The van der Waals surface area contributed by atoms with Gasteiger partial charge >= 0.3 is 0 Å². The minimum Gasteiger partial charge on any atom is -0.313 e. The van der Waals surface area contributed by atoms with Crippen molar-refractivity contribution < 1.29 is 0 Å². The maximum Gasteiger partial charge on any atom is 0.0540 e. The molecule has 0 radical (unpaired) electrons. The van der Waals surface area contributed by atoms with E-state index < -0.39 is 0 Å². The first-order chi connectivity index (χ1) is 22.1. The number of fused-ring (bicyclic) bond motifs is 7. The summed E-state index contributed by atoms with van der Waals surface area (Å²) in [7, 11) is 0. The molecule has 2 aliphatic carbocycles. The third-order valence-corrected chi connectivity index (χ3v) is 10.3. The van der Waals surface area contributed by atoms with Crippen LogP contribution in [0.25, 0.3) is 43.8 Å². The summed E-state index contributed by atoms with van der Waals surface area (Å²) >= 11 is 0. The van der Waals surface area contributed by atoms with Crippen molar-refractivity contribution in [2.75, 3.05) is 4.90 Å². The molecule has 0 N–H and O–H groups in total. The Hall–Kier alpha value is -5.34. The van der Waals surface area contributed by atoms with E-state index in [0.29, 0.717) is 5.92 Å². The van der Waals surface area contributed by atoms with Crippen LogP contribution in [0.4, 0.5) is 17.1 Å². The average molecular weight is 579 g/mol. The fraction of sp³-hybridized carbons (Fsp3) is 0.116. The van der Waals surface area contributed by atoms with Crippen LogP contribution in [0.5, 0.6) is 0 Å². The molecule has 2 nitrogen and oxygen atoms in total.